The van der Waals surface area contributed by atoms with E-state index in [0.29, 0.717) is 6.61 Å². The highest BCUT2D eigenvalue weighted by molar-refractivity contribution is 5.99. The molecule has 3 rings (SSSR count). The van der Waals surface area contributed by atoms with E-state index in [1.165, 1.54) is 0 Å². The predicted octanol–water partition coefficient (Wildman–Crippen LogP) is 5.55. The Hall–Kier alpha value is -2.49. The van der Waals surface area contributed by atoms with Gasteiger partial charge >= 0.3 is 0 Å². The van der Waals surface area contributed by atoms with Crippen LogP contribution in [-0.4, -0.2) is 19.6 Å². The maximum atomic E-state index is 13.4. The van der Waals surface area contributed by atoms with Crippen LogP contribution in [0, 0.1) is 13.8 Å². The van der Waals surface area contributed by atoms with Gasteiger partial charge in [0.05, 0.1) is 19.1 Å². The molecule has 4 heteroatoms. The van der Waals surface area contributed by atoms with E-state index in [1.54, 1.807) is 7.11 Å². The van der Waals surface area contributed by atoms with E-state index in [0.717, 1.165) is 66.0 Å². The van der Waals surface area contributed by atoms with Crippen molar-refractivity contribution in [2.24, 2.45) is 0 Å². The number of carbonyl (C=O) groups is 1. The maximum Gasteiger partial charge on any atom is 0.235 e. The summed E-state index contributed by atoms with van der Waals surface area (Å²) in [6, 6.07) is 12.0. The van der Waals surface area contributed by atoms with E-state index in [1.807, 2.05) is 50.2 Å². The molecule has 2 aromatic carbocycles. The Kier molecular flexibility index (Phi) is 6.28. The fraction of sp³-hybridized carbons (Fsp3) is 0.458. The Labute approximate surface area is 168 Å². The van der Waals surface area contributed by atoms with Crippen molar-refractivity contribution < 1.29 is 14.3 Å². The standard InChI is InChI=1S/C24H31NO3/c1-5-14-28-22-17(2)15-20(16-18(22)3)25-23(26)24(12-6-7-13-24)19-8-10-21(27-4)11-9-19/h8-11,15-16H,5-7,12-14H2,1-4H3,(H,25,26). The molecule has 1 N–H and O–H groups in total. The third-order valence-corrected chi connectivity index (χ3v) is 5.70. The first-order valence-electron chi connectivity index (χ1n) is 10.2. The van der Waals surface area contributed by atoms with Crippen LogP contribution in [0.25, 0.3) is 0 Å². The molecule has 0 unspecified atom stereocenters. The third kappa shape index (κ3) is 4.01. The average molecular weight is 382 g/mol. The summed E-state index contributed by atoms with van der Waals surface area (Å²) in [4.78, 5) is 13.4. The smallest absolute Gasteiger partial charge is 0.235 e. The van der Waals surface area contributed by atoms with Crippen molar-refractivity contribution in [2.45, 2.75) is 58.3 Å². The van der Waals surface area contributed by atoms with E-state index in [4.69, 9.17) is 9.47 Å². The van der Waals surface area contributed by atoms with Crippen LogP contribution in [0.3, 0.4) is 0 Å². The van der Waals surface area contributed by atoms with Gasteiger partial charge in [0, 0.05) is 5.69 Å². The molecule has 0 radical (unpaired) electrons. The number of benzene rings is 2. The minimum Gasteiger partial charge on any atom is -0.497 e. The molecule has 0 aliphatic heterocycles. The van der Waals surface area contributed by atoms with Gasteiger partial charge in [-0.05, 0) is 74.1 Å². The molecular weight excluding hydrogens is 350 g/mol. The monoisotopic (exact) mass is 381 g/mol. The second-order valence-corrected chi connectivity index (χ2v) is 7.76. The largest absolute Gasteiger partial charge is 0.497 e. The summed E-state index contributed by atoms with van der Waals surface area (Å²) in [5.41, 5.74) is 3.54. The third-order valence-electron chi connectivity index (χ3n) is 5.70. The molecule has 0 atom stereocenters. The molecule has 150 valence electrons. The van der Waals surface area contributed by atoms with E-state index in [-0.39, 0.29) is 5.91 Å². The first-order chi connectivity index (χ1) is 13.5. The number of methoxy groups -OCH3 is 1. The van der Waals surface area contributed by atoms with Crippen molar-refractivity contribution in [3.05, 3.63) is 53.1 Å². The lowest BCUT2D eigenvalue weighted by molar-refractivity contribution is -0.121. The van der Waals surface area contributed by atoms with Crippen molar-refractivity contribution in [1.29, 1.82) is 0 Å². The van der Waals surface area contributed by atoms with Crippen LogP contribution in [0.5, 0.6) is 11.5 Å². The lowest BCUT2D eigenvalue weighted by Crippen LogP contribution is -2.38. The average Bonchev–Trinajstić information content (AvgIpc) is 3.19. The quantitative estimate of drug-likeness (QED) is 0.684. The molecule has 4 nitrogen and oxygen atoms in total. The fourth-order valence-corrected chi connectivity index (χ4v) is 4.24. The number of nitrogens with one attached hydrogen (secondary N) is 1. The summed E-state index contributed by atoms with van der Waals surface area (Å²) in [5, 5.41) is 3.19. The molecule has 2 aromatic rings. The number of amides is 1. The Morgan fingerprint density at radius 3 is 2.21 bits per heavy atom. The molecule has 0 spiro atoms. The summed E-state index contributed by atoms with van der Waals surface area (Å²) in [6.45, 7) is 6.86. The fourth-order valence-electron chi connectivity index (χ4n) is 4.24. The van der Waals surface area contributed by atoms with Gasteiger partial charge in [0.15, 0.2) is 0 Å². The highest BCUT2D eigenvalue weighted by atomic mass is 16.5. The van der Waals surface area contributed by atoms with Crippen molar-refractivity contribution in [3.8, 4) is 11.5 Å². The topological polar surface area (TPSA) is 47.6 Å². The van der Waals surface area contributed by atoms with Gasteiger partial charge in [0.1, 0.15) is 11.5 Å². The van der Waals surface area contributed by atoms with Crippen LogP contribution in [0.15, 0.2) is 36.4 Å². The lowest BCUT2D eigenvalue weighted by Gasteiger charge is -2.29. The molecule has 0 bridgehead atoms. The summed E-state index contributed by atoms with van der Waals surface area (Å²) >= 11 is 0. The predicted molar refractivity (Wildman–Crippen MR) is 113 cm³/mol. The van der Waals surface area contributed by atoms with Gasteiger partial charge in [0.2, 0.25) is 5.91 Å². The highest BCUT2D eigenvalue weighted by Gasteiger charge is 2.42. The molecule has 0 aromatic heterocycles. The minimum absolute atomic E-state index is 0.0798. The Morgan fingerprint density at radius 2 is 1.68 bits per heavy atom. The lowest BCUT2D eigenvalue weighted by atomic mass is 9.78. The van der Waals surface area contributed by atoms with Crippen LogP contribution >= 0.6 is 0 Å². The summed E-state index contributed by atoms with van der Waals surface area (Å²) in [5.74, 6) is 1.81. The molecule has 28 heavy (non-hydrogen) atoms. The summed E-state index contributed by atoms with van der Waals surface area (Å²) in [7, 11) is 1.66. The second kappa shape index (κ2) is 8.68. The van der Waals surface area contributed by atoms with E-state index in [2.05, 4.69) is 12.2 Å². The van der Waals surface area contributed by atoms with E-state index in [9.17, 15) is 4.79 Å². The van der Waals surface area contributed by atoms with Gasteiger partial charge in [-0.1, -0.05) is 31.9 Å². The summed E-state index contributed by atoms with van der Waals surface area (Å²) in [6.07, 6.45) is 4.87. The molecule has 1 saturated carbocycles. The second-order valence-electron chi connectivity index (χ2n) is 7.76. The van der Waals surface area contributed by atoms with Crippen LogP contribution in [0.4, 0.5) is 5.69 Å². The van der Waals surface area contributed by atoms with Gasteiger partial charge in [0.25, 0.3) is 0 Å². The number of hydrogen-bond acceptors (Lipinski definition) is 3. The van der Waals surface area contributed by atoms with Crippen LogP contribution in [-0.2, 0) is 10.2 Å². The zero-order chi connectivity index (χ0) is 20.1. The number of carbonyl (C=O) groups excluding carboxylic acids is 1. The molecule has 0 heterocycles. The summed E-state index contributed by atoms with van der Waals surface area (Å²) < 4.78 is 11.1. The van der Waals surface area contributed by atoms with Crippen molar-refractivity contribution in [1.82, 2.24) is 0 Å². The first-order valence-corrected chi connectivity index (χ1v) is 10.2. The van der Waals surface area contributed by atoms with Gasteiger partial charge in [-0.2, -0.15) is 0 Å². The molecular formula is C24H31NO3. The van der Waals surface area contributed by atoms with Gasteiger partial charge in [-0.25, -0.2) is 0 Å². The van der Waals surface area contributed by atoms with Gasteiger partial charge < -0.3 is 14.8 Å². The van der Waals surface area contributed by atoms with Gasteiger partial charge in [-0.15, -0.1) is 0 Å². The van der Waals surface area contributed by atoms with Crippen molar-refractivity contribution in [3.63, 3.8) is 0 Å². The molecule has 1 fully saturated rings. The van der Waals surface area contributed by atoms with Crippen molar-refractivity contribution >= 4 is 11.6 Å². The Bertz CT molecular complexity index is 797. The van der Waals surface area contributed by atoms with Crippen molar-refractivity contribution in [2.75, 3.05) is 19.0 Å². The zero-order valence-electron chi connectivity index (χ0n) is 17.4. The number of anilines is 1. The number of aryl methyl sites for hydroxylation is 2. The van der Waals surface area contributed by atoms with Gasteiger partial charge in [-0.3, -0.25) is 4.79 Å². The number of hydrogen-bond donors (Lipinski definition) is 1. The molecule has 1 aliphatic rings. The SMILES string of the molecule is CCCOc1c(C)cc(NC(=O)C2(c3ccc(OC)cc3)CCCC2)cc1C. The van der Waals surface area contributed by atoms with Crippen LogP contribution < -0.4 is 14.8 Å². The Morgan fingerprint density at radius 1 is 1.07 bits per heavy atom. The van der Waals surface area contributed by atoms with Crippen LogP contribution in [0.2, 0.25) is 0 Å². The first kappa shape index (κ1) is 20.2. The molecule has 1 aliphatic carbocycles. The Balaban J connectivity index is 1.85. The number of rotatable bonds is 7. The van der Waals surface area contributed by atoms with Crippen LogP contribution in [0.1, 0.15) is 55.7 Å². The van der Waals surface area contributed by atoms with E-state index >= 15 is 0 Å². The minimum atomic E-state index is -0.467. The molecule has 1 amide bonds. The zero-order valence-corrected chi connectivity index (χ0v) is 17.4. The highest BCUT2D eigenvalue weighted by Crippen LogP contribution is 2.42. The number of ether oxygens (including phenoxy) is 2. The van der Waals surface area contributed by atoms with E-state index < -0.39 is 5.41 Å². The maximum absolute atomic E-state index is 13.4. The molecule has 0 saturated heterocycles. The normalized spacial score (nSPS) is 15.3.